The number of nitrogens with zero attached hydrogens (tertiary/aromatic N) is 3. The molecule has 2 fully saturated rings. The first kappa shape index (κ1) is 16.1. The van der Waals surface area contributed by atoms with Gasteiger partial charge in [0.1, 0.15) is 5.82 Å². The van der Waals surface area contributed by atoms with Gasteiger partial charge in [-0.1, -0.05) is 24.3 Å². The number of nitrogen functional groups attached to an aromatic ring is 1. The molecule has 3 heterocycles. The van der Waals surface area contributed by atoms with Crippen LogP contribution in [0.15, 0.2) is 24.3 Å². The van der Waals surface area contributed by atoms with Crippen LogP contribution in [0.5, 0.6) is 0 Å². The highest BCUT2D eigenvalue weighted by atomic mass is 15.3. The van der Waals surface area contributed by atoms with E-state index >= 15 is 0 Å². The predicted octanol–water partition coefficient (Wildman–Crippen LogP) is 2.94. The maximum atomic E-state index is 6.21. The smallest absolute Gasteiger partial charge is 0.222 e. The fourth-order valence-electron chi connectivity index (χ4n) is 5.25. The molecule has 3 N–H and O–H groups in total. The van der Waals surface area contributed by atoms with Gasteiger partial charge < -0.3 is 16.0 Å². The zero-order chi connectivity index (χ0) is 17.6. The first-order valence-electron chi connectivity index (χ1n) is 10.00. The topological polar surface area (TPSA) is 67.1 Å². The average Bonchev–Trinajstić information content (AvgIpc) is 2.95. The van der Waals surface area contributed by atoms with Crippen LogP contribution in [0, 0.1) is 0 Å². The number of hydrogen-bond acceptors (Lipinski definition) is 5. The number of nitrogens with one attached hydrogen (secondary N) is 1. The van der Waals surface area contributed by atoms with Gasteiger partial charge in [0.2, 0.25) is 5.95 Å². The highest BCUT2D eigenvalue weighted by molar-refractivity contribution is 5.74. The number of anilines is 2. The minimum absolute atomic E-state index is 0.207. The summed E-state index contributed by atoms with van der Waals surface area (Å²) >= 11 is 0. The lowest BCUT2D eigenvalue weighted by molar-refractivity contribution is 0.314. The number of fused-ring (bicyclic) bond motifs is 3. The molecule has 1 atom stereocenters. The van der Waals surface area contributed by atoms with Gasteiger partial charge in [0.05, 0.1) is 11.2 Å². The van der Waals surface area contributed by atoms with Crippen LogP contribution >= 0.6 is 0 Å². The maximum Gasteiger partial charge on any atom is 0.222 e. The van der Waals surface area contributed by atoms with Crippen molar-refractivity contribution < 1.29 is 0 Å². The van der Waals surface area contributed by atoms with E-state index in [2.05, 4.69) is 34.5 Å². The van der Waals surface area contributed by atoms with Crippen molar-refractivity contribution in [2.75, 3.05) is 30.3 Å². The van der Waals surface area contributed by atoms with Crippen molar-refractivity contribution in [2.45, 2.75) is 50.5 Å². The van der Waals surface area contributed by atoms with E-state index in [4.69, 9.17) is 15.7 Å². The van der Waals surface area contributed by atoms with Gasteiger partial charge in [-0.3, -0.25) is 0 Å². The Balaban J connectivity index is 1.67. The monoisotopic (exact) mass is 349 g/mol. The van der Waals surface area contributed by atoms with Crippen molar-refractivity contribution >= 4 is 11.8 Å². The standard InChI is InChI=1S/C21H27N5/c22-20-24-18-16-8-2-1-6-15(16)7-3-9-17(18)19(25-20)26-13-5-11-21(26)10-4-12-23-14-21/h1-2,6,8,23H,3-5,7,9-14H2,(H2,22,24,25). The molecule has 0 radical (unpaired) electrons. The van der Waals surface area contributed by atoms with Gasteiger partial charge in [0, 0.05) is 24.2 Å². The van der Waals surface area contributed by atoms with E-state index < -0.39 is 0 Å². The lowest BCUT2D eigenvalue weighted by Gasteiger charge is -2.43. The molecule has 5 heteroatoms. The Hall–Kier alpha value is -2.14. The number of aryl methyl sites for hydroxylation is 1. The van der Waals surface area contributed by atoms with E-state index in [1.54, 1.807) is 0 Å². The molecule has 136 valence electrons. The Bertz CT molecular complexity index is 825. The first-order valence-corrected chi connectivity index (χ1v) is 10.00. The quantitative estimate of drug-likeness (QED) is 0.828. The highest BCUT2D eigenvalue weighted by Gasteiger charge is 2.43. The molecule has 1 spiro atoms. The second kappa shape index (κ2) is 6.23. The molecule has 2 aliphatic heterocycles. The molecule has 2 saturated heterocycles. The predicted molar refractivity (Wildman–Crippen MR) is 105 cm³/mol. The summed E-state index contributed by atoms with van der Waals surface area (Å²) < 4.78 is 0. The van der Waals surface area contributed by atoms with Crippen LogP contribution in [-0.2, 0) is 12.8 Å². The SMILES string of the molecule is Nc1nc2c(c(N3CCCC34CCCNC4)n1)CCCc1ccccc1-2. The Morgan fingerprint density at radius 3 is 2.81 bits per heavy atom. The van der Waals surface area contributed by atoms with Gasteiger partial charge in [-0.05, 0) is 57.1 Å². The molecule has 3 aliphatic rings. The largest absolute Gasteiger partial charge is 0.368 e. The fourth-order valence-corrected chi connectivity index (χ4v) is 5.25. The maximum absolute atomic E-state index is 6.21. The lowest BCUT2D eigenvalue weighted by atomic mass is 9.87. The summed E-state index contributed by atoms with van der Waals surface area (Å²) in [5.74, 6) is 1.51. The van der Waals surface area contributed by atoms with E-state index in [1.165, 1.54) is 42.4 Å². The van der Waals surface area contributed by atoms with Gasteiger partial charge in [0.15, 0.2) is 0 Å². The summed E-state index contributed by atoms with van der Waals surface area (Å²) in [5.41, 5.74) is 11.4. The number of piperidine rings is 1. The van der Waals surface area contributed by atoms with Crippen LogP contribution in [0.1, 0.15) is 43.2 Å². The van der Waals surface area contributed by atoms with Gasteiger partial charge >= 0.3 is 0 Å². The molecular weight excluding hydrogens is 322 g/mol. The number of benzene rings is 1. The zero-order valence-electron chi connectivity index (χ0n) is 15.3. The number of hydrogen-bond donors (Lipinski definition) is 2. The van der Waals surface area contributed by atoms with Crippen LogP contribution in [0.25, 0.3) is 11.3 Å². The van der Waals surface area contributed by atoms with Crippen LogP contribution in [0.2, 0.25) is 0 Å². The van der Waals surface area contributed by atoms with Crippen LogP contribution < -0.4 is 16.0 Å². The van der Waals surface area contributed by atoms with E-state index in [1.807, 2.05) is 0 Å². The summed E-state index contributed by atoms with van der Waals surface area (Å²) in [4.78, 5) is 12.1. The van der Waals surface area contributed by atoms with Gasteiger partial charge in [-0.15, -0.1) is 0 Å². The van der Waals surface area contributed by atoms with Gasteiger partial charge in [-0.25, -0.2) is 4.98 Å². The Kier molecular flexibility index (Phi) is 3.85. The number of nitrogens with two attached hydrogens (primary N) is 1. The fraction of sp³-hybridized carbons (Fsp3) is 0.524. The van der Waals surface area contributed by atoms with Gasteiger partial charge in [0.25, 0.3) is 0 Å². The van der Waals surface area contributed by atoms with Crippen LogP contribution in [0.4, 0.5) is 11.8 Å². The summed E-state index contributed by atoms with van der Waals surface area (Å²) in [7, 11) is 0. The Morgan fingerprint density at radius 1 is 1.04 bits per heavy atom. The second-order valence-electron chi connectivity index (χ2n) is 8.00. The minimum atomic E-state index is 0.207. The van der Waals surface area contributed by atoms with E-state index in [0.717, 1.165) is 50.4 Å². The van der Waals surface area contributed by atoms with Crippen LogP contribution in [-0.4, -0.2) is 35.1 Å². The van der Waals surface area contributed by atoms with Crippen molar-refractivity contribution in [2.24, 2.45) is 0 Å². The molecule has 1 aromatic carbocycles. The number of aromatic nitrogens is 2. The highest BCUT2D eigenvalue weighted by Crippen LogP contribution is 2.42. The van der Waals surface area contributed by atoms with E-state index in [0.29, 0.717) is 5.95 Å². The van der Waals surface area contributed by atoms with Crippen molar-refractivity contribution in [1.29, 1.82) is 0 Å². The van der Waals surface area contributed by atoms with Crippen LogP contribution in [0.3, 0.4) is 0 Å². The Morgan fingerprint density at radius 2 is 1.92 bits per heavy atom. The molecular formula is C21H27N5. The summed E-state index contributed by atoms with van der Waals surface area (Å²) in [6.45, 7) is 3.27. The van der Waals surface area contributed by atoms with Crippen molar-refractivity contribution in [1.82, 2.24) is 15.3 Å². The van der Waals surface area contributed by atoms with Crippen molar-refractivity contribution in [3.05, 3.63) is 35.4 Å². The lowest BCUT2D eigenvalue weighted by Crippen LogP contribution is -2.55. The third-order valence-corrected chi connectivity index (χ3v) is 6.45. The first-order chi connectivity index (χ1) is 12.8. The number of rotatable bonds is 1. The second-order valence-corrected chi connectivity index (χ2v) is 8.00. The van der Waals surface area contributed by atoms with E-state index in [9.17, 15) is 0 Å². The summed E-state index contributed by atoms with van der Waals surface area (Å²) in [6.07, 6.45) is 8.23. The molecule has 5 rings (SSSR count). The molecule has 2 aromatic rings. The molecule has 0 amide bonds. The Labute approximate surface area is 155 Å². The normalized spacial score (nSPS) is 25.0. The molecule has 26 heavy (non-hydrogen) atoms. The van der Waals surface area contributed by atoms with Crippen molar-refractivity contribution in [3.8, 4) is 11.3 Å². The molecule has 1 unspecified atom stereocenters. The molecule has 0 bridgehead atoms. The third kappa shape index (κ3) is 2.49. The van der Waals surface area contributed by atoms with Crippen molar-refractivity contribution in [3.63, 3.8) is 0 Å². The average molecular weight is 349 g/mol. The summed E-state index contributed by atoms with van der Waals surface area (Å²) in [5, 5.41) is 3.62. The third-order valence-electron chi connectivity index (χ3n) is 6.45. The van der Waals surface area contributed by atoms with Gasteiger partial charge in [-0.2, -0.15) is 4.98 Å². The molecule has 5 nitrogen and oxygen atoms in total. The molecule has 1 aromatic heterocycles. The molecule has 0 saturated carbocycles. The van der Waals surface area contributed by atoms with E-state index in [-0.39, 0.29) is 5.54 Å². The minimum Gasteiger partial charge on any atom is -0.368 e. The zero-order valence-corrected chi connectivity index (χ0v) is 15.3. The summed E-state index contributed by atoms with van der Waals surface area (Å²) in [6, 6.07) is 8.65. The molecule has 1 aliphatic carbocycles.